The first-order valence-corrected chi connectivity index (χ1v) is 7.07. The predicted molar refractivity (Wildman–Crippen MR) is 81.2 cm³/mol. The van der Waals surface area contributed by atoms with E-state index in [9.17, 15) is 18.0 Å². The molecular weight excluding hydrogens is 307 g/mol. The zero-order valence-corrected chi connectivity index (χ0v) is 13.4. The summed E-state index contributed by atoms with van der Waals surface area (Å²) in [4.78, 5) is 12.1. The van der Waals surface area contributed by atoms with Crippen LogP contribution in [0.1, 0.15) is 28.1 Å². The third-order valence-corrected chi connectivity index (χ3v) is 3.51. The molecule has 2 aromatic rings. The normalized spacial score (nSPS) is 11.6. The molecule has 1 N–H and O–H groups in total. The minimum absolute atomic E-state index is 0.269. The first kappa shape index (κ1) is 17.1. The van der Waals surface area contributed by atoms with E-state index in [1.807, 2.05) is 32.9 Å². The number of alkyl halides is 3. The van der Waals surface area contributed by atoms with Crippen molar-refractivity contribution in [3.05, 3.63) is 46.3 Å². The van der Waals surface area contributed by atoms with E-state index in [4.69, 9.17) is 0 Å². The summed E-state index contributed by atoms with van der Waals surface area (Å²) in [5, 5.41) is 6.20. The Morgan fingerprint density at radius 3 is 2.17 bits per heavy atom. The van der Waals surface area contributed by atoms with Crippen molar-refractivity contribution in [1.29, 1.82) is 0 Å². The van der Waals surface area contributed by atoms with Gasteiger partial charge in [0, 0.05) is 11.4 Å². The second kappa shape index (κ2) is 6.06. The Hall–Kier alpha value is -2.31. The molecule has 0 unspecified atom stereocenters. The van der Waals surface area contributed by atoms with E-state index >= 15 is 0 Å². The molecule has 124 valence electrons. The standard InChI is InChI=1S/C16H18F3N3O/c1-9-5-10(2)15(11(3)6-9)20-14(23)8-22-12(4)7-13(21-22)16(17,18)19/h5-7H,8H2,1-4H3,(H,20,23). The van der Waals surface area contributed by atoms with Crippen LogP contribution >= 0.6 is 0 Å². The molecule has 0 bridgehead atoms. The third kappa shape index (κ3) is 3.91. The van der Waals surface area contributed by atoms with Crippen molar-refractivity contribution >= 4 is 11.6 Å². The lowest BCUT2D eigenvalue weighted by Gasteiger charge is -2.13. The van der Waals surface area contributed by atoms with E-state index in [2.05, 4.69) is 10.4 Å². The maximum absolute atomic E-state index is 12.6. The number of hydrogen-bond acceptors (Lipinski definition) is 2. The quantitative estimate of drug-likeness (QED) is 0.933. The zero-order chi connectivity index (χ0) is 17.4. The Morgan fingerprint density at radius 1 is 1.13 bits per heavy atom. The monoisotopic (exact) mass is 325 g/mol. The highest BCUT2D eigenvalue weighted by atomic mass is 19.4. The molecule has 7 heteroatoms. The van der Waals surface area contributed by atoms with Crippen LogP contribution in [-0.2, 0) is 17.5 Å². The van der Waals surface area contributed by atoms with Gasteiger partial charge in [-0.1, -0.05) is 17.7 Å². The maximum Gasteiger partial charge on any atom is 0.435 e. The molecule has 23 heavy (non-hydrogen) atoms. The number of rotatable bonds is 3. The van der Waals surface area contributed by atoms with Crippen molar-refractivity contribution in [3.63, 3.8) is 0 Å². The first-order valence-electron chi connectivity index (χ1n) is 7.07. The van der Waals surface area contributed by atoms with Crippen LogP contribution in [0.5, 0.6) is 0 Å². The van der Waals surface area contributed by atoms with Crippen LogP contribution in [0.4, 0.5) is 18.9 Å². The topological polar surface area (TPSA) is 46.9 Å². The van der Waals surface area contributed by atoms with Crippen molar-refractivity contribution in [3.8, 4) is 0 Å². The third-order valence-electron chi connectivity index (χ3n) is 3.51. The summed E-state index contributed by atoms with van der Waals surface area (Å²) < 4.78 is 39.0. The van der Waals surface area contributed by atoms with Crippen molar-refractivity contribution in [1.82, 2.24) is 9.78 Å². The van der Waals surface area contributed by atoms with Gasteiger partial charge in [-0.3, -0.25) is 9.48 Å². The van der Waals surface area contributed by atoms with E-state index < -0.39 is 17.8 Å². The van der Waals surface area contributed by atoms with Gasteiger partial charge in [0.1, 0.15) is 6.54 Å². The molecule has 4 nitrogen and oxygen atoms in total. The zero-order valence-electron chi connectivity index (χ0n) is 13.4. The van der Waals surface area contributed by atoms with E-state index in [1.54, 1.807) is 0 Å². The molecule has 0 aliphatic rings. The van der Waals surface area contributed by atoms with E-state index in [0.29, 0.717) is 5.69 Å². The van der Waals surface area contributed by atoms with Crippen molar-refractivity contribution in [2.75, 3.05) is 5.32 Å². The second-order valence-corrected chi connectivity index (χ2v) is 5.65. The molecule has 1 amide bonds. The lowest BCUT2D eigenvalue weighted by Crippen LogP contribution is -2.21. The molecule has 0 spiro atoms. The number of carbonyl (C=O) groups is 1. The summed E-state index contributed by atoms with van der Waals surface area (Å²) in [6.45, 7) is 6.91. The van der Waals surface area contributed by atoms with E-state index in [0.717, 1.165) is 27.4 Å². The maximum atomic E-state index is 12.6. The van der Waals surface area contributed by atoms with Gasteiger partial charge < -0.3 is 5.32 Å². The highest BCUT2D eigenvalue weighted by Gasteiger charge is 2.34. The average molecular weight is 325 g/mol. The number of aromatic nitrogens is 2. The number of carbonyl (C=O) groups excluding carboxylic acids is 1. The number of benzene rings is 1. The van der Waals surface area contributed by atoms with Gasteiger partial charge in [-0.15, -0.1) is 0 Å². The highest BCUT2D eigenvalue weighted by molar-refractivity contribution is 5.92. The first-order chi connectivity index (χ1) is 10.6. The number of amides is 1. The van der Waals surface area contributed by atoms with Crippen LogP contribution in [0.15, 0.2) is 18.2 Å². The molecule has 0 aliphatic heterocycles. The molecule has 1 aromatic carbocycles. The van der Waals surface area contributed by atoms with E-state index in [1.165, 1.54) is 6.92 Å². The number of hydrogen-bond donors (Lipinski definition) is 1. The fourth-order valence-electron chi connectivity index (χ4n) is 2.50. The largest absolute Gasteiger partial charge is 0.435 e. The van der Waals surface area contributed by atoms with Gasteiger partial charge in [-0.25, -0.2) is 0 Å². The molecule has 0 saturated heterocycles. The summed E-state index contributed by atoms with van der Waals surface area (Å²) in [5.41, 5.74) is 2.86. The van der Waals surface area contributed by atoms with Crippen LogP contribution in [0.2, 0.25) is 0 Å². The molecule has 0 radical (unpaired) electrons. The Labute approximate surface area is 132 Å². The number of anilines is 1. The van der Waals surface area contributed by atoms with Crippen LogP contribution < -0.4 is 5.32 Å². The second-order valence-electron chi connectivity index (χ2n) is 5.65. The van der Waals surface area contributed by atoms with E-state index in [-0.39, 0.29) is 12.2 Å². The van der Waals surface area contributed by atoms with Gasteiger partial charge in [-0.2, -0.15) is 18.3 Å². The Balaban J connectivity index is 2.16. The molecule has 0 saturated carbocycles. The summed E-state index contributed by atoms with van der Waals surface area (Å²) in [7, 11) is 0. The van der Waals surface area contributed by atoms with Crippen molar-refractivity contribution < 1.29 is 18.0 Å². The molecule has 2 rings (SSSR count). The van der Waals surface area contributed by atoms with Crippen molar-refractivity contribution in [2.24, 2.45) is 0 Å². The lowest BCUT2D eigenvalue weighted by atomic mass is 10.1. The molecule has 0 atom stereocenters. The minimum Gasteiger partial charge on any atom is -0.324 e. The fourth-order valence-corrected chi connectivity index (χ4v) is 2.50. The van der Waals surface area contributed by atoms with Crippen LogP contribution in [-0.4, -0.2) is 15.7 Å². The molecule has 1 aromatic heterocycles. The number of nitrogens with one attached hydrogen (secondary N) is 1. The van der Waals surface area contributed by atoms with Gasteiger partial charge in [-0.05, 0) is 44.9 Å². The minimum atomic E-state index is -4.52. The van der Waals surface area contributed by atoms with Crippen LogP contribution in [0.3, 0.4) is 0 Å². The molecular formula is C16H18F3N3O. The van der Waals surface area contributed by atoms with Gasteiger partial charge in [0.05, 0.1) is 0 Å². The Morgan fingerprint density at radius 2 is 1.70 bits per heavy atom. The summed E-state index contributed by atoms with van der Waals surface area (Å²) in [6.07, 6.45) is -4.52. The lowest BCUT2D eigenvalue weighted by molar-refractivity contribution is -0.141. The van der Waals surface area contributed by atoms with Gasteiger partial charge in [0.2, 0.25) is 5.91 Å². The molecule has 0 aliphatic carbocycles. The number of aryl methyl sites for hydroxylation is 4. The van der Waals surface area contributed by atoms with Gasteiger partial charge >= 0.3 is 6.18 Å². The molecule has 0 fully saturated rings. The summed E-state index contributed by atoms with van der Waals surface area (Å²) in [5.74, 6) is -0.417. The van der Waals surface area contributed by atoms with Gasteiger partial charge in [0.25, 0.3) is 0 Å². The van der Waals surface area contributed by atoms with Crippen LogP contribution in [0, 0.1) is 27.7 Å². The average Bonchev–Trinajstić information content (AvgIpc) is 2.75. The fraction of sp³-hybridized carbons (Fsp3) is 0.375. The molecule has 1 heterocycles. The predicted octanol–water partition coefficient (Wildman–Crippen LogP) is 3.77. The van der Waals surface area contributed by atoms with Crippen molar-refractivity contribution in [2.45, 2.75) is 40.4 Å². The Bertz CT molecular complexity index is 725. The van der Waals surface area contributed by atoms with Gasteiger partial charge in [0.15, 0.2) is 5.69 Å². The summed E-state index contributed by atoms with van der Waals surface area (Å²) in [6, 6.07) is 4.79. The SMILES string of the molecule is Cc1cc(C)c(NC(=O)Cn2nc(C(F)(F)F)cc2C)c(C)c1. The number of nitrogens with zero attached hydrogens (tertiary/aromatic N) is 2. The summed E-state index contributed by atoms with van der Waals surface area (Å²) >= 11 is 0. The van der Waals surface area contributed by atoms with Crippen LogP contribution in [0.25, 0.3) is 0 Å². The smallest absolute Gasteiger partial charge is 0.324 e. The number of halogens is 3. The Kier molecular flexibility index (Phi) is 4.49. The highest BCUT2D eigenvalue weighted by Crippen LogP contribution is 2.28.